The Kier molecular flexibility index (Phi) is 11.0. The molecule has 0 saturated carbocycles. The summed E-state index contributed by atoms with van der Waals surface area (Å²) in [7, 11) is -1.26. The summed E-state index contributed by atoms with van der Waals surface area (Å²) in [5.41, 5.74) is 0. The normalized spacial score (nSPS) is 18.8. The van der Waals surface area contributed by atoms with Crippen molar-refractivity contribution in [1.82, 2.24) is 10.6 Å². The van der Waals surface area contributed by atoms with Gasteiger partial charge in [-0.15, -0.1) is 0 Å². The molecule has 1 unspecified atom stereocenters. The van der Waals surface area contributed by atoms with Crippen molar-refractivity contribution in [2.45, 2.75) is 25.4 Å². The van der Waals surface area contributed by atoms with Gasteiger partial charge in [0.25, 0.3) is 0 Å². The average Bonchev–Trinajstić information content (AvgIpc) is 3.04. The van der Waals surface area contributed by atoms with Crippen LogP contribution >= 0.6 is 0 Å². The Morgan fingerprint density at radius 1 is 1.21 bits per heavy atom. The first-order valence-electron chi connectivity index (χ1n) is 8.40. The molecule has 0 spiro atoms. The molecule has 0 bridgehead atoms. The zero-order chi connectivity index (χ0) is 17.7. The van der Waals surface area contributed by atoms with Crippen LogP contribution in [0.2, 0.25) is 0 Å². The number of guanidine groups is 1. The van der Waals surface area contributed by atoms with Crippen LogP contribution in [0.1, 0.15) is 19.3 Å². The van der Waals surface area contributed by atoms with Crippen LogP contribution in [-0.2, 0) is 24.0 Å². The summed E-state index contributed by atoms with van der Waals surface area (Å²) in [6.07, 6.45) is 4.59. The molecule has 1 rings (SSSR count). The number of hydrogen-bond donors (Lipinski definition) is 2. The van der Waals surface area contributed by atoms with Crippen LogP contribution in [0, 0.1) is 0 Å². The molecule has 0 aliphatic carbocycles. The summed E-state index contributed by atoms with van der Waals surface area (Å²) < 4.78 is 38.2. The molecule has 142 valence electrons. The second-order valence-electron chi connectivity index (χ2n) is 5.73. The van der Waals surface area contributed by atoms with Gasteiger partial charge in [0.1, 0.15) is 9.84 Å². The Morgan fingerprint density at radius 3 is 2.67 bits per heavy atom. The van der Waals surface area contributed by atoms with Crippen molar-refractivity contribution < 1.29 is 22.6 Å². The minimum Gasteiger partial charge on any atom is -0.379 e. The summed E-state index contributed by atoms with van der Waals surface area (Å²) in [6, 6.07) is 0. The molecule has 2 N–H and O–H groups in total. The predicted octanol–water partition coefficient (Wildman–Crippen LogP) is -0.202. The topological polar surface area (TPSA) is 98.2 Å². The summed E-state index contributed by atoms with van der Waals surface area (Å²) in [4.78, 5) is 4.11. The Balaban J connectivity index is 1.92. The van der Waals surface area contributed by atoms with Gasteiger partial charge in [0.15, 0.2) is 5.96 Å². The zero-order valence-corrected chi connectivity index (χ0v) is 15.6. The van der Waals surface area contributed by atoms with Gasteiger partial charge in [-0.2, -0.15) is 0 Å². The van der Waals surface area contributed by atoms with Crippen molar-refractivity contribution in [3.63, 3.8) is 0 Å². The fourth-order valence-electron chi connectivity index (χ4n) is 2.15. The van der Waals surface area contributed by atoms with Crippen LogP contribution in [0.25, 0.3) is 0 Å². The van der Waals surface area contributed by atoms with Gasteiger partial charge in [-0.3, -0.25) is 4.99 Å². The highest BCUT2D eigenvalue weighted by Crippen LogP contribution is 2.11. The molecule has 1 heterocycles. The molecule has 0 aromatic rings. The number of ether oxygens (including phenoxy) is 3. The molecule has 1 fully saturated rings. The van der Waals surface area contributed by atoms with Crippen molar-refractivity contribution in [2.24, 2.45) is 4.99 Å². The lowest BCUT2D eigenvalue weighted by molar-refractivity contribution is 0.0168. The molecule has 24 heavy (non-hydrogen) atoms. The van der Waals surface area contributed by atoms with Crippen molar-refractivity contribution in [3.8, 4) is 0 Å². The predicted molar refractivity (Wildman–Crippen MR) is 94.3 cm³/mol. The van der Waals surface area contributed by atoms with Gasteiger partial charge in [0, 0.05) is 39.6 Å². The van der Waals surface area contributed by atoms with Gasteiger partial charge >= 0.3 is 0 Å². The maximum Gasteiger partial charge on any atom is 0.191 e. The third kappa shape index (κ3) is 11.6. The number of aliphatic imine (C=N–C) groups is 1. The SMILES string of the molecule is CN=C(NCCCOCC1CCCO1)NCCOCCS(C)(=O)=O. The number of rotatable bonds is 12. The monoisotopic (exact) mass is 365 g/mol. The van der Waals surface area contributed by atoms with Crippen LogP contribution in [-0.4, -0.2) is 85.7 Å². The maximum absolute atomic E-state index is 10.9. The molecule has 8 nitrogen and oxygen atoms in total. The molecular formula is C15H31N3O5S. The van der Waals surface area contributed by atoms with E-state index >= 15 is 0 Å². The molecule has 1 aliphatic heterocycles. The van der Waals surface area contributed by atoms with Crippen molar-refractivity contribution >= 4 is 15.8 Å². The largest absolute Gasteiger partial charge is 0.379 e. The second kappa shape index (κ2) is 12.5. The van der Waals surface area contributed by atoms with E-state index in [2.05, 4.69) is 15.6 Å². The van der Waals surface area contributed by atoms with E-state index in [0.29, 0.717) is 32.3 Å². The number of sulfone groups is 1. The third-order valence-corrected chi connectivity index (χ3v) is 4.35. The standard InChI is InChI=1S/C15H31N3O5S/c1-16-15(18-7-10-21-11-12-24(2,19)20)17-6-4-8-22-13-14-5-3-9-23-14/h14H,3-13H2,1-2H3,(H2,16,17,18). The molecule has 1 saturated heterocycles. The van der Waals surface area contributed by atoms with E-state index in [0.717, 1.165) is 32.4 Å². The molecular weight excluding hydrogens is 334 g/mol. The molecule has 9 heteroatoms. The second-order valence-corrected chi connectivity index (χ2v) is 7.99. The number of hydrogen-bond acceptors (Lipinski definition) is 6. The van der Waals surface area contributed by atoms with E-state index in [-0.39, 0.29) is 18.5 Å². The average molecular weight is 365 g/mol. The molecule has 0 radical (unpaired) electrons. The molecule has 1 atom stereocenters. The first kappa shape index (κ1) is 21.1. The summed E-state index contributed by atoms with van der Waals surface area (Å²) in [6.45, 7) is 4.21. The highest BCUT2D eigenvalue weighted by molar-refractivity contribution is 7.90. The maximum atomic E-state index is 10.9. The van der Waals surface area contributed by atoms with Gasteiger partial charge in [-0.05, 0) is 19.3 Å². The van der Waals surface area contributed by atoms with E-state index in [1.165, 1.54) is 6.26 Å². The Bertz CT molecular complexity index is 450. The first-order chi connectivity index (χ1) is 11.5. The van der Waals surface area contributed by atoms with E-state index in [9.17, 15) is 8.42 Å². The van der Waals surface area contributed by atoms with Crippen LogP contribution < -0.4 is 10.6 Å². The molecule has 0 aromatic heterocycles. The van der Waals surface area contributed by atoms with Gasteiger partial charge in [-0.1, -0.05) is 0 Å². The Hall–Kier alpha value is -0.900. The van der Waals surface area contributed by atoms with Gasteiger partial charge in [0.2, 0.25) is 0 Å². The lowest BCUT2D eigenvalue weighted by Gasteiger charge is -2.13. The lowest BCUT2D eigenvalue weighted by atomic mass is 10.2. The summed E-state index contributed by atoms with van der Waals surface area (Å²) >= 11 is 0. The Morgan fingerprint density at radius 2 is 2.00 bits per heavy atom. The van der Waals surface area contributed by atoms with Gasteiger partial charge < -0.3 is 24.8 Å². The van der Waals surface area contributed by atoms with E-state index < -0.39 is 9.84 Å². The quantitative estimate of drug-likeness (QED) is 0.281. The Labute approximate surface area is 145 Å². The highest BCUT2D eigenvalue weighted by atomic mass is 32.2. The van der Waals surface area contributed by atoms with Crippen molar-refractivity contribution in [2.75, 3.05) is 65.2 Å². The van der Waals surface area contributed by atoms with Gasteiger partial charge in [-0.25, -0.2) is 8.42 Å². The summed E-state index contributed by atoms with van der Waals surface area (Å²) in [5, 5.41) is 6.30. The molecule has 1 aliphatic rings. The van der Waals surface area contributed by atoms with Gasteiger partial charge in [0.05, 0.1) is 31.7 Å². The first-order valence-corrected chi connectivity index (χ1v) is 10.5. The summed E-state index contributed by atoms with van der Waals surface area (Å²) in [5.74, 6) is 0.743. The highest BCUT2D eigenvalue weighted by Gasteiger charge is 2.14. The minimum absolute atomic E-state index is 0.0475. The minimum atomic E-state index is -2.96. The fraction of sp³-hybridized carbons (Fsp3) is 0.933. The zero-order valence-electron chi connectivity index (χ0n) is 14.8. The van der Waals surface area contributed by atoms with Crippen molar-refractivity contribution in [3.05, 3.63) is 0 Å². The van der Waals surface area contributed by atoms with Crippen LogP contribution in [0.5, 0.6) is 0 Å². The van der Waals surface area contributed by atoms with E-state index in [4.69, 9.17) is 14.2 Å². The smallest absolute Gasteiger partial charge is 0.191 e. The fourth-order valence-corrected chi connectivity index (χ4v) is 2.57. The van der Waals surface area contributed by atoms with Crippen LogP contribution in [0.4, 0.5) is 0 Å². The van der Waals surface area contributed by atoms with Crippen LogP contribution in [0.3, 0.4) is 0 Å². The van der Waals surface area contributed by atoms with E-state index in [1.807, 2.05) is 0 Å². The third-order valence-electron chi connectivity index (χ3n) is 3.45. The number of nitrogens with zero attached hydrogens (tertiary/aromatic N) is 1. The van der Waals surface area contributed by atoms with E-state index in [1.54, 1.807) is 7.05 Å². The van der Waals surface area contributed by atoms with Crippen LogP contribution in [0.15, 0.2) is 4.99 Å². The lowest BCUT2D eigenvalue weighted by Crippen LogP contribution is -2.39. The number of nitrogens with one attached hydrogen (secondary N) is 2. The molecule has 0 aromatic carbocycles. The van der Waals surface area contributed by atoms with Crippen molar-refractivity contribution in [1.29, 1.82) is 0 Å². The molecule has 0 amide bonds.